The second kappa shape index (κ2) is 6.12. The van der Waals surface area contributed by atoms with Crippen molar-refractivity contribution in [3.63, 3.8) is 0 Å². The molecule has 1 atom stereocenters. The van der Waals surface area contributed by atoms with Crippen LogP contribution in [0.1, 0.15) is 50.5 Å². The van der Waals surface area contributed by atoms with E-state index in [0.717, 1.165) is 43.8 Å². The van der Waals surface area contributed by atoms with Crippen LogP contribution in [0.5, 0.6) is 0 Å². The molecule has 1 heterocycles. The molecule has 3 heteroatoms. The lowest BCUT2D eigenvalue weighted by Crippen LogP contribution is -2.55. The van der Waals surface area contributed by atoms with Crippen LogP contribution in [-0.2, 0) is 11.3 Å². The van der Waals surface area contributed by atoms with Crippen molar-refractivity contribution >= 4 is 5.91 Å². The van der Waals surface area contributed by atoms with E-state index in [0.29, 0.717) is 11.9 Å². The predicted molar refractivity (Wildman–Crippen MR) is 98.9 cm³/mol. The lowest BCUT2D eigenvalue weighted by molar-refractivity contribution is -0.146. The van der Waals surface area contributed by atoms with E-state index in [9.17, 15) is 4.79 Å². The van der Waals surface area contributed by atoms with E-state index in [1.165, 1.54) is 44.1 Å². The molecule has 1 aliphatic heterocycles. The molecule has 4 aliphatic carbocycles. The number of hydrogen-bond donors (Lipinski definition) is 1. The lowest BCUT2D eigenvalue weighted by atomic mass is 9.49. The van der Waals surface area contributed by atoms with Crippen molar-refractivity contribution in [1.29, 1.82) is 0 Å². The molecule has 1 aromatic rings. The van der Waals surface area contributed by atoms with Crippen LogP contribution in [-0.4, -0.2) is 29.9 Å². The number of carbonyl (C=O) groups excluding carboxylic acids is 1. The zero-order valence-corrected chi connectivity index (χ0v) is 15.1. The van der Waals surface area contributed by atoms with Crippen LogP contribution in [0.15, 0.2) is 30.3 Å². The summed E-state index contributed by atoms with van der Waals surface area (Å²) < 4.78 is 0. The largest absolute Gasteiger partial charge is 0.352 e. The van der Waals surface area contributed by atoms with Crippen LogP contribution in [0.4, 0.5) is 0 Å². The molecule has 134 valence electrons. The number of likely N-dealkylation sites (tertiary alicyclic amines) is 1. The van der Waals surface area contributed by atoms with Gasteiger partial charge in [-0.2, -0.15) is 0 Å². The number of carbonyl (C=O) groups is 1. The van der Waals surface area contributed by atoms with E-state index in [-0.39, 0.29) is 5.41 Å². The highest BCUT2D eigenvalue weighted by Crippen LogP contribution is 2.60. The molecule has 0 spiro atoms. The quantitative estimate of drug-likeness (QED) is 0.910. The van der Waals surface area contributed by atoms with Crippen LogP contribution in [0.2, 0.25) is 0 Å². The van der Waals surface area contributed by atoms with Gasteiger partial charge in [0.1, 0.15) is 0 Å². The second-order valence-corrected chi connectivity index (χ2v) is 9.38. The van der Waals surface area contributed by atoms with Gasteiger partial charge in [-0.1, -0.05) is 30.3 Å². The first kappa shape index (κ1) is 15.9. The standard InChI is InChI=1S/C22H30N2O/c25-21(22-11-17-8-18(12-22)10-19(9-17)13-22)23-20-6-7-24(15-20)14-16-4-2-1-3-5-16/h1-5,17-20H,6-15H2,(H,23,25)/t17?,18?,19?,20-,22?/m0/s1. The van der Waals surface area contributed by atoms with Gasteiger partial charge < -0.3 is 5.32 Å². The summed E-state index contributed by atoms with van der Waals surface area (Å²) in [6, 6.07) is 11.0. The van der Waals surface area contributed by atoms with E-state index in [1.807, 2.05) is 0 Å². The predicted octanol–water partition coefficient (Wildman–Crippen LogP) is 3.59. The summed E-state index contributed by atoms with van der Waals surface area (Å²) in [6.07, 6.45) is 8.83. The summed E-state index contributed by atoms with van der Waals surface area (Å²) in [5, 5.41) is 3.47. The van der Waals surface area contributed by atoms with Gasteiger partial charge in [-0.25, -0.2) is 0 Å². The third-order valence-corrected chi connectivity index (χ3v) is 7.38. The zero-order chi connectivity index (χ0) is 16.9. The van der Waals surface area contributed by atoms with Crippen molar-refractivity contribution in [2.75, 3.05) is 13.1 Å². The summed E-state index contributed by atoms with van der Waals surface area (Å²) in [5.41, 5.74) is 1.37. The van der Waals surface area contributed by atoms with Crippen LogP contribution in [0.25, 0.3) is 0 Å². The molecule has 1 saturated heterocycles. The monoisotopic (exact) mass is 338 g/mol. The van der Waals surface area contributed by atoms with Gasteiger partial charge in [0, 0.05) is 31.1 Å². The smallest absolute Gasteiger partial charge is 0.226 e. The summed E-state index contributed by atoms with van der Waals surface area (Å²) in [6.45, 7) is 3.11. The number of amides is 1. The Kier molecular flexibility index (Phi) is 3.89. The molecule has 4 bridgehead atoms. The Labute approximate surface area is 151 Å². The Hall–Kier alpha value is -1.35. The Bertz CT molecular complexity index is 605. The minimum absolute atomic E-state index is 0.00159. The van der Waals surface area contributed by atoms with Gasteiger partial charge in [-0.3, -0.25) is 9.69 Å². The fourth-order valence-corrected chi connectivity index (χ4v) is 6.66. The topological polar surface area (TPSA) is 32.3 Å². The minimum Gasteiger partial charge on any atom is -0.352 e. The van der Waals surface area contributed by atoms with Gasteiger partial charge in [-0.05, 0) is 68.3 Å². The first-order valence-electron chi connectivity index (χ1n) is 10.3. The Morgan fingerprint density at radius 1 is 1.04 bits per heavy atom. The zero-order valence-electron chi connectivity index (χ0n) is 15.1. The molecule has 25 heavy (non-hydrogen) atoms. The molecule has 1 amide bonds. The van der Waals surface area contributed by atoms with Crippen molar-refractivity contribution in [1.82, 2.24) is 10.2 Å². The molecular weight excluding hydrogens is 308 g/mol. The Morgan fingerprint density at radius 3 is 2.32 bits per heavy atom. The van der Waals surface area contributed by atoms with Crippen molar-refractivity contribution in [2.24, 2.45) is 23.2 Å². The maximum atomic E-state index is 13.2. The minimum atomic E-state index is 0.00159. The average Bonchev–Trinajstić information content (AvgIpc) is 3.01. The van der Waals surface area contributed by atoms with Crippen LogP contribution < -0.4 is 5.32 Å². The van der Waals surface area contributed by atoms with Gasteiger partial charge in [0.25, 0.3) is 0 Å². The van der Waals surface area contributed by atoms with Gasteiger partial charge in [-0.15, -0.1) is 0 Å². The van der Waals surface area contributed by atoms with Crippen molar-refractivity contribution in [3.8, 4) is 0 Å². The highest BCUT2D eigenvalue weighted by atomic mass is 16.2. The molecule has 6 rings (SSSR count). The van der Waals surface area contributed by atoms with Crippen LogP contribution in [0.3, 0.4) is 0 Å². The fourth-order valence-electron chi connectivity index (χ4n) is 6.66. The molecule has 1 aromatic carbocycles. The normalized spacial score (nSPS) is 39.7. The fraction of sp³-hybridized carbons (Fsp3) is 0.682. The molecule has 4 saturated carbocycles. The lowest BCUT2D eigenvalue weighted by Gasteiger charge is -2.55. The van der Waals surface area contributed by atoms with E-state index in [4.69, 9.17) is 0 Å². The van der Waals surface area contributed by atoms with E-state index >= 15 is 0 Å². The number of benzene rings is 1. The maximum absolute atomic E-state index is 13.2. The molecule has 0 radical (unpaired) electrons. The van der Waals surface area contributed by atoms with E-state index in [2.05, 4.69) is 40.5 Å². The Balaban J connectivity index is 1.19. The number of hydrogen-bond acceptors (Lipinski definition) is 2. The average molecular weight is 338 g/mol. The Morgan fingerprint density at radius 2 is 1.68 bits per heavy atom. The van der Waals surface area contributed by atoms with Crippen LogP contribution in [0, 0.1) is 23.2 Å². The van der Waals surface area contributed by atoms with Crippen molar-refractivity contribution in [3.05, 3.63) is 35.9 Å². The van der Waals surface area contributed by atoms with Crippen molar-refractivity contribution < 1.29 is 4.79 Å². The first-order chi connectivity index (χ1) is 12.2. The number of nitrogens with one attached hydrogen (secondary N) is 1. The molecule has 0 aromatic heterocycles. The molecular formula is C22H30N2O. The number of rotatable bonds is 4. The first-order valence-corrected chi connectivity index (χ1v) is 10.3. The van der Waals surface area contributed by atoms with Crippen molar-refractivity contribution in [2.45, 2.75) is 57.5 Å². The summed E-state index contributed by atoms with van der Waals surface area (Å²) in [7, 11) is 0. The highest BCUT2D eigenvalue weighted by molar-refractivity contribution is 5.83. The molecule has 0 unspecified atom stereocenters. The molecule has 1 N–H and O–H groups in total. The molecule has 5 fully saturated rings. The van der Waals surface area contributed by atoms with E-state index < -0.39 is 0 Å². The third kappa shape index (κ3) is 3.01. The second-order valence-electron chi connectivity index (χ2n) is 9.38. The van der Waals surface area contributed by atoms with Gasteiger partial charge in [0.15, 0.2) is 0 Å². The van der Waals surface area contributed by atoms with Gasteiger partial charge in [0.05, 0.1) is 0 Å². The van der Waals surface area contributed by atoms with Crippen LogP contribution >= 0.6 is 0 Å². The maximum Gasteiger partial charge on any atom is 0.226 e. The number of nitrogens with zero attached hydrogens (tertiary/aromatic N) is 1. The van der Waals surface area contributed by atoms with E-state index in [1.54, 1.807) is 0 Å². The summed E-state index contributed by atoms with van der Waals surface area (Å²) in [5.74, 6) is 2.93. The highest BCUT2D eigenvalue weighted by Gasteiger charge is 2.54. The summed E-state index contributed by atoms with van der Waals surface area (Å²) in [4.78, 5) is 15.7. The SMILES string of the molecule is O=C(N[C@H]1CCN(Cc2ccccc2)C1)C12CC3CC(CC(C3)C1)C2. The molecule has 3 nitrogen and oxygen atoms in total. The van der Waals surface area contributed by atoms with Gasteiger partial charge >= 0.3 is 0 Å². The molecule has 5 aliphatic rings. The van der Waals surface area contributed by atoms with Gasteiger partial charge in [0.2, 0.25) is 5.91 Å². The summed E-state index contributed by atoms with van der Waals surface area (Å²) >= 11 is 0. The third-order valence-electron chi connectivity index (χ3n) is 7.38.